The first-order chi connectivity index (χ1) is 12.0. The maximum Gasteiger partial charge on any atom is 0.232 e. The van der Waals surface area contributed by atoms with Crippen LogP contribution < -0.4 is 5.32 Å². The molecule has 128 valence electrons. The van der Waals surface area contributed by atoms with E-state index in [0.717, 1.165) is 11.1 Å². The number of hydrogen-bond acceptors (Lipinski definition) is 3. The third-order valence-corrected chi connectivity index (χ3v) is 5.19. The van der Waals surface area contributed by atoms with E-state index in [2.05, 4.69) is 53.6 Å². The highest BCUT2D eigenvalue weighted by Gasteiger charge is 2.39. The molecule has 0 saturated heterocycles. The Kier molecular flexibility index (Phi) is 5.00. The number of aryl methyl sites for hydroxylation is 1. The van der Waals surface area contributed by atoms with Crippen molar-refractivity contribution in [2.24, 2.45) is 5.41 Å². The highest BCUT2D eigenvalue weighted by molar-refractivity contribution is 7.13. The van der Waals surface area contributed by atoms with E-state index in [9.17, 15) is 4.79 Å². The number of carbonyl (C=O) groups excluding carboxylic acids is 1. The number of carbonyl (C=O) groups is 1. The molecule has 0 aliphatic carbocycles. The summed E-state index contributed by atoms with van der Waals surface area (Å²) in [6, 6.07) is 18.6. The van der Waals surface area contributed by atoms with Crippen LogP contribution in [0.2, 0.25) is 0 Å². The van der Waals surface area contributed by atoms with Crippen LogP contribution in [0.15, 0.2) is 66.2 Å². The molecule has 0 aliphatic rings. The second-order valence-corrected chi connectivity index (χ2v) is 7.66. The molecule has 1 aromatic heterocycles. The van der Waals surface area contributed by atoms with Gasteiger partial charge in [0.15, 0.2) is 5.13 Å². The fourth-order valence-electron chi connectivity index (χ4n) is 3.10. The Morgan fingerprint density at radius 3 is 2.28 bits per heavy atom. The van der Waals surface area contributed by atoms with Crippen LogP contribution in [0.25, 0.3) is 0 Å². The van der Waals surface area contributed by atoms with Gasteiger partial charge < -0.3 is 5.32 Å². The van der Waals surface area contributed by atoms with Crippen molar-refractivity contribution in [3.05, 3.63) is 82.9 Å². The van der Waals surface area contributed by atoms with Crippen molar-refractivity contribution >= 4 is 22.4 Å². The van der Waals surface area contributed by atoms with Gasteiger partial charge in [-0.1, -0.05) is 74.0 Å². The zero-order valence-corrected chi connectivity index (χ0v) is 15.5. The molecular weight excluding hydrogens is 328 g/mol. The van der Waals surface area contributed by atoms with Crippen LogP contribution in [0.5, 0.6) is 0 Å². The summed E-state index contributed by atoms with van der Waals surface area (Å²) in [5, 5.41) is 5.45. The van der Waals surface area contributed by atoms with Crippen LogP contribution in [0.4, 0.5) is 5.13 Å². The van der Waals surface area contributed by atoms with E-state index in [1.165, 1.54) is 16.9 Å². The standard InChI is InChI=1S/C21H22N2OS/c1-15-9-11-17(12-10-15)18(16-7-5-4-6-8-16)21(2,3)19(24)23-20-22-13-14-25-20/h4-14,18H,1-3H3,(H,22,23,24). The van der Waals surface area contributed by atoms with E-state index in [-0.39, 0.29) is 11.8 Å². The Labute approximate surface area is 152 Å². The van der Waals surface area contributed by atoms with Gasteiger partial charge in [0.05, 0.1) is 5.41 Å². The van der Waals surface area contributed by atoms with Crippen molar-refractivity contribution in [2.45, 2.75) is 26.7 Å². The number of hydrogen-bond donors (Lipinski definition) is 1. The Morgan fingerprint density at radius 1 is 1.04 bits per heavy atom. The lowest BCUT2D eigenvalue weighted by Gasteiger charge is -2.33. The van der Waals surface area contributed by atoms with E-state index in [1.54, 1.807) is 6.20 Å². The molecule has 3 rings (SSSR count). The van der Waals surface area contributed by atoms with E-state index in [1.807, 2.05) is 37.4 Å². The first-order valence-electron chi connectivity index (χ1n) is 8.31. The van der Waals surface area contributed by atoms with Gasteiger partial charge >= 0.3 is 0 Å². The number of amides is 1. The number of nitrogens with zero attached hydrogens (tertiary/aromatic N) is 1. The lowest BCUT2D eigenvalue weighted by molar-refractivity contribution is -0.124. The minimum Gasteiger partial charge on any atom is -0.301 e. The average Bonchev–Trinajstić information content (AvgIpc) is 3.11. The molecule has 1 amide bonds. The minimum atomic E-state index is -0.637. The molecule has 1 heterocycles. The summed E-state index contributed by atoms with van der Waals surface area (Å²) in [4.78, 5) is 17.2. The van der Waals surface area contributed by atoms with Crippen LogP contribution in [0, 0.1) is 12.3 Å². The third kappa shape index (κ3) is 3.80. The predicted molar refractivity (Wildman–Crippen MR) is 104 cm³/mol. The SMILES string of the molecule is Cc1ccc(C(c2ccccc2)C(C)(C)C(=O)Nc2nccs2)cc1. The lowest BCUT2D eigenvalue weighted by atomic mass is 9.70. The zero-order valence-electron chi connectivity index (χ0n) is 14.7. The average molecular weight is 350 g/mol. The molecular formula is C21H22N2OS. The van der Waals surface area contributed by atoms with Crippen molar-refractivity contribution in [1.82, 2.24) is 4.98 Å². The van der Waals surface area contributed by atoms with Crippen LogP contribution in [0.3, 0.4) is 0 Å². The molecule has 0 saturated carbocycles. The van der Waals surface area contributed by atoms with E-state index < -0.39 is 5.41 Å². The summed E-state index contributed by atoms with van der Waals surface area (Å²) in [5.41, 5.74) is 2.84. The third-order valence-electron chi connectivity index (χ3n) is 4.50. The Balaban J connectivity index is 2.00. The molecule has 3 aromatic rings. The second kappa shape index (κ2) is 7.19. The molecule has 0 fully saturated rings. The van der Waals surface area contributed by atoms with Crippen LogP contribution in [-0.4, -0.2) is 10.9 Å². The Bertz CT molecular complexity index is 824. The smallest absolute Gasteiger partial charge is 0.232 e. The molecule has 1 unspecified atom stereocenters. The van der Waals surface area contributed by atoms with Crippen molar-refractivity contribution in [1.29, 1.82) is 0 Å². The molecule has 0 aliphatic heterocycles. The number of thiazole rings is 1. The monoisotopic (exact) mass is 350 g/mol. The summed E-state index contributed by atoms with van der Waals surface area (Å²) in [7, 11) is 0. The molecule has 25 heavy (non-hydrogen) atoms. The molecule has 1 N–H and O–H groups in total. The number of rotatable bonds is 5. The molecule has 0 radical (unpaired) electrons. The van der Waals surface area contributed by atoms with E-state index in [0.29, 0.717) is 5.13 Å². The normalized spacial score (nSPS) is 12.6. The summed E-state index contributed by atoms with van der Waals surface area (Å²) < 4.78 is 0. The minimum absolute atomic E-state index is 0.0307. The van der Waals surface area contributed by atoms with Crippen molar-refractivity contribution in [3.8, 4) is 0 Å². The molecule has 0 bridgehead atoms. The maximum absolute atomic E-state index is 13.0. The Hall–Kier alpha value is -2.46. The van der Waals surface area contributed by atoms with E-state index >= 15 is 0 Å². The van der Waals surface area contributed by atoms with Crippen molar-refractivity contribution in [3.63, 3.8) is 0 Å². The fraction of sp³-hybridized carbons (Fsp3) is 0.238. The Morgan fingerprint density at radius 2 is 1.68 bits per heavy atom. The summed E-state index contributed by atoms with van der Waals surface area (Å²) in [5.74, 6) is -0.0776. The second-order valence-electron chi connectivity index (χ2n) is 6.77. The molecule has 2 aromatic carbocycles. The predicted octanol–water partition coefficient (Wildman–Crippen LogP) is 5.25. The highest BCUT2D eigenvalue weighted by atomic mass is 32.1. The van der Waals surface area contributed by atoms with Gasteiger partial charge in [0.25, 0.3) is 0 Å². The number of benzene rings is 2. The quantitative estimate of drug-likeness (QED) is 0.683. The van der Waals surface area contributed by atoms with Gasteiger partial charge in [-0.15, -0.1) is 11.3 Å². The van der Waals surface area contributed by atoms with Gasteiger partial charge in [0, 0.05) is 17.5 Å². The summed E-state index contributed by atoms with van der Waals surface area (Å²) in [6.07, 6.45) is 1.70. The molecule has 4 heteroatoms. The topological polar surface area (TPSA) is 42.0 Å². The summed E-state index contributed by atoms with van der Waals surface area (Å²) in [6.45, 7) is 6.06. The number of nitrogens with one attached hydrogen (secondary N) is 1. The molecule has 0 spiro atoms. The number of anilines is 1. The van der Waals surface area contributed by atoms with Crippen molar-refractivity contribution in [2.75, 3.05) is 5.32 Å². The molecule has 3 nitrogen and oxygen atoms in total. The van der Waals surface area contributed by atoms with Gasteiger partial charge in [0.1, 0.15) is 0 Å². The van der Waals surface area contributed by atoms with Gasteiger partial charge in [0.2, 0.25) is 5.91 Å². The van der Waals surface area contributed by atoms with Crippen molar-refractivity contribution < 1.29 is 4.79 Å². The molecule has 1 atom stereocenters. The largest absolute Gasteiger partial charge is 0.301 e. The number of aromatic nitrogens is 1. The van der Waals surface area contributed by atoms with Gasteiger partial charge in [-0.3, -0.25) is 4.79 Å². The van der Waals surface area contributed by atoms with Crippen LogP contribution >= 0.6 is 11.3 Å². The van der Waals surface area contributed by atoms with Gasteiger partial charge in [-0.2, -0.15) is 0 Å². The zero-order chi connectivity index (χ0) is 17.9. The highest BCUT2D eigenvalue weighted by Crippen LogP contribution is 2.41. The van der Waals surface area contributed by atoms with Gasteiger partial charge in [-0.25, -0.2) is 4.98 Å². The first-order valence-corrected chi connectivity index (χ1v) is 9.19. The van der Waals surface area contributed by atoms with Gasteiger partial charge in [-0.05, 0) is 18.1 Å². The first kappa shape index (κ1) is 17.4. The van der Waals surface area contributed by atoms with Crippen LogP contribution in [-0.2, 0) is 4.79 Å². The van der Waals surface area contributed by atoms with Crippen LogP contribution in [0.1, 0.15) is 36.5 Å². The lowest BCUT2D eigenvalue weighted by Crippen LogP contribution is -2.37. The maximum atomic E-state index is 13.0. The fourth-order valence-corrected chi connectivity index (χ4v) is 3.63. The summed E-state index contributed by atoms with van der Waals surface area (Å²) >= 11 is 1.43. The van der Waals surface area contributed by atoms with E-state index in [4.69, 9.17) is 0 Å².